The monoisotopic (exact) mass is 494 g/mol. The molecule has 3 aromatic carbocycles. The lowest BCUT2D eigenvalue weighted by Crippen LogP contribution is -2.49. The van der Waals surface area contributed by atoms with Gasteiger partial charge in [0.2, 0.25) is 5.91 Å². The van der Waals surface area contributed by atoms with Gasteiger partial charge in [0.15, 0.2) is 5.60 Å². The molecule has 1 atom stereocenters. The fourth-order valence-corrected chi connectivity index (χ4v) is 5.58. The van der Waals surface area contributed by atoms with Crippen molar-refractivity contribution in [2.75, 3.05) is 31.1 Å². The van der Waals surface area contributed by atoms with E-state index in [-0.39, 0.29) is 11.9 Å². The van der Waals surface area contributed by atoms with Gasteiger partial charge in [0.25, 0.3) is 0 Å². The van der Waals surface area contributed by atoms with Gasteiger partial charge < -0.3 is 24.3 Å². The van der Waals surface area contributed by atoms with Crippen LogP contribution in [0, 0.1) is 0 Å². The molecular formula is C29H27BN2O5. The molecule has 3 aromatic rings. The summed E-state index contributed by atoms with van der Waals surface area (Å²) in [4.78, 5) is 29.4. The van der Waals surface area contributed by atoms with Gasteiger partial charge in [-0.25, -0.2) is 4.79 Å². The van der Waals surface area contributed by atoms with Crippen molar-refractivity contribution in [3.8, 4) is 11.5 Å². The van der Waals surface area contributed by atoms with Gasteiger partial charge in [-0.3, -0.25) is 4.79 Å². The van der Waals surface area contributed by atoms with Crippen LogP contribution in [0.5, 0.6) is 11.5 Å². The summed E-state index contributed by atoms with van der Waals surface area (Å²) < 4.78 is 12.6. The number of esters is 1. The number of piperazine rings is 1. The highest BCUT2D eigenvalue weighted by Gasteiger charge is 2.53. The Hall–Kier alpha value is -4.04. The highest BCUT2D eigenvalue weighted by molar-refractivity contribution is 6.64. The number of rotatable bonds is 3. The van der Waals surface area contributed by atoms with E-state index in [1.165, 1.54) is 0 Å². The first-order valence-corrected chi connectivity index (χ1v) is 12.5. The number of benzene rings is 3. The molecule has 0 aromatic heterocycles. The van der Waals surface area contributed by atoms with Crippen LogP contribution in [0.4, 0.5) is 5.69 Å². The first-order valence-electron chi connectivity index (χ1n) is 12.5. The molecule has 1 spiro atoms. The normalized spacial score (nSPS) is 19.5. The first kappa shape index (κ1) is 23.4. The Bertz CT molecular complexity index is 1460. The summed E-state index contributed by atoms with van der Waals surface area (Å²) >= 11 is 0. The van der Waals surface area contributed by atoms with Crippen LogP contribution in [0.25, 0.3) is 0 Å². The summed E-state index contributed by atoms with van der Waals surface area (Å²) in [6, 6.07) is 18.9. The van der Waals surface area contributed by atoms with Crippen molar-refractivity contribution in [3.63, 3.8) is 0 Å². The lowest BCUT2D eigenvalue weighted by molar-refractivity contribution is -0.127. The van der Waals surface area contributed by atoms with E-state index in [0.29, 0.717) is 54.3 Å². The number of carbonyl (C=O) groups is 2. The van der Waals surface area contributed by atoms with Crippen LogP contribution in [0.1, 0.15) is 34.0 Å². The third-order valence-electron chi connectivity index (χ3n) is 7.50. The van der Waals surface area contributed by atoms with E-state index in [2.05, 4.69) is 11.5 Å². The van der Waals surface area contributed by atoms with Gasteiger partial charge in [-0.15, -0.1) is 0 Å². The summed E-state index contributed by atoms with van der Waals surface area (Å²) in [5.74, 6) is 0.751. The molecule has 0 bridgehead atoms. The predicted octanol–water partition coefficient (Wildman–Crippen LogP) is 3.30. The van der Waals surface area contributed by atoms with Crippen LogP contribution in [0.2, 0.25) is 6.82 Å². The van der Waals surface area contributed by atoms with Gasteiger partial charge in [0.1, 0.15) is 11.5 Å². The number of ether oxygens (including phenoxy) is 2. The minimum Gasteiger partial charge on any atom is -0.456 e. The van der Waals surface area contributed by atoms with Gasteiger partial charge in [0.05, 0.1) is 5.56 Å². The highest BCUT2D eigenvalue weighted by Crippen LogP contribution is 2.56. The van der Waals surface area contributed by atoms with Crippen molar-refractivity contribution in [3.05, 3.63) is 95.1 Å². The SMILES string of the molecule is C=C(C)C(=O)N1CCN(c2ccc3c(c2)Oc2cc(B(C)O)ccc2C32OC(=O)c3ccccc32)CC1. The molecule has 3 heterocycles. The number of hydrogen-bond donors (Lipinski definition) is 1. The van der Waals surface area contributed by atoms with Gasteiger partial charge in [-0.1, -0.05) is 43.7 Å². The number of nitrogens with zero attached hydrogens (tertiary/aromatic N) is 2. The summed E-state index contributed by atoms with van der Waals surface area (Å²) in [6.07, 6.45) is 0. The average Bonchev–Trinajstić information content (AvgIpc) is 3.20. The lowest BCUT2D eigenvalue weighted by Gasteiger charge is -2.39. The second kappa shape index (κ2) is 8.52. The quantitative estimate of drug-likeness (QED) is 0.342. The maximum atomic E-state index is 13.0. The van der Waals surface area contributed by atoms with Crippen molar-refractivity contribution in [2.45, 2.75) is 19.3 Å². The predicted molar refractivity (Wildman–Crippen MR) is 142 cm³/mol. The molecule has 1 saturated heterocycles. The van der Waals surface area contributed by atoms with Crippen LogP contribution < -0.4 is 15.1 Å². The van der Waals surface area contributed by atoms with E-state index in [4.69, 9.17) is 9.47 Å². The minimum absolute atomic E-state index is 0.0115. The Morgan fingerprint density at radius 3 is 2.35 bits per heavy atom. The number of carbonyl (C=O) groups excluding carboxylic acids is 2. The van der Waals surface area contributed by atoms with Gasteiger partial charge in [-0.2, -0.15) is 0 Å². The van der Waals surface area contributed by atoms with Crippen molar-refractivity contribution in [1.82, 2.24) is 4.90 Å². The molecular weight excluding hydrogens is 467 g/mol. The highest BCUT2D eigenvalue weighted by atomic mass is 16.6. The molecule has 3 aliphatic heterocycles. The molecule has 1 N–H and O–H groups in total. The first-order chi connectivity index (χ1) is 17.8. The van der Waals surface area contributed by atoms with E-state index >= 15 is 0 Å². The molecule has 0 saturated carbocycles. The molecule has 8 heteroatoms. The molecule has 186 valence electrons. The van der Waals surface area contributed by atoms with Crippen LogP contribution in [-0.2, 0) is 15.1 Å². The summed E-state index contributed by atoms with van der Waals surface area (Å²) in [5, 5.41) is 10.2. The number of amides is 1. The zero-order valence-electron chi connectivity index (χ0n) is 20.9. The molecule has 7 nitrogen and oxygen atoms in total. The van der Waals surface area contributed by atoms with Crippen molar-refractivity contribution < 1.29 is 24.1 Å². The van der Waals surface area contributed by atoms with Gasteiger partial charge in [0, 0.05) is 60.2 Å². The van der Waals surface area contributed by atoms with E-state index < -0.39 is 12.5 Å². The molecule has 1 fully saturated rings. The van der Waals surface area contributed by atoms with Gasteiger partial charge >= 0.3 is 12.9 Å². The third-order valence-corrected chi connectivity index (χ3v) is 7.50. The summed E-state index contributed by atoms with van der Waals surface area (Å²) in [6.45, 7) is 9.13. The van der Waals surface area contributed by atoms with E-state index in [0.717, 1.165) is 22.4 Å². The third kappa shape index (κ3) is 3.55. The fourth-order valence-electron chi connectivity index (χ4n) is 5.58. The molecule has 1 unspecified atom stereocenters. The number of hydrogen-bond acceptors (Lipinski definition) is 6. The molecule has 37 heavy (non-hydrogen) atoms. The van der Waals surface area contributed by atoms with Crippen LogP contribution in [0.15, 0.2) is 72.8 Å². The van der Waals surface area contributed by atoms with Crippen LogP contribution in [-0.4, -0.2) is 54.9 Å². The topological polar surface area (TPSA) is 79.3 Å². The lowest BCUT2D eigenvalue weighted by atomic mass is 9.63. The number of fused-ring (bicyclic) bond motifs is 6. The zero-order valence-corrected chi connectivity index (χ0v) is 20.9. The molecule has 0 radical (unpaired) electrons. The number of anilines is 1. The van der Waals surface area contributed by atoms with E-state index in [1.54, 1.807) is 19.8 Å². The summed E-state index contributed by atoms with van der Waals surface area (Å²) in [5.41, 5.74) is 3.86. The second-order valence-corrected chi connectivity index (χ2v) is 9.89. The van der Waals surface area contributed by atoms with Crippen molar-refractivity contribution in [2.24, 2.45) is 0 Å². The fraction of sp³-hybridized carbons (Fsp3) is 0.241. The smallest absolute Gasteiger partial charge is 0.340 e. The van der Waals surface area contributed by atoms with Crippen LogP contribution >= 0.6 is 0 Å². The second-order valence-electron chi connectivity index (χ2n) is 9.89. The Morgan fingerprint density at radius 2 is 1.65 bits per heavy atom. The van der Waals surface area contributed by atoms with E-state index in [1.807, 2.05) is 59.5 Å². The van der Waals surface area contributed by atoms with Gasteiger partial charge in [-0.05, 0) is 36.7 Å². The molecule has 1 amide bonds. The largest absolute Gasteiger partial charge is 0.456 e. The van der Waals surface area contributed by atoms with Crippen molar-refractivity contribution in [1.29, 1.82) is 0 Å². The van der Waals surface area contributed by atoms with Crippen molar-refractivity contribution >= 4 is 29.9 Å². The molecule has 3 aliphatic rings. The Balaban J connectivity index is 1.43. The molecule has 0 aliphatic carbocycles. The standard InChI is InChI=1S/C29H27BN2O5/c1-18(2)27(33)32-14-12-31(13-15-32)20-9-11-24-26(17-20)36-25-16-19(30(3)35)8-10-23(25)29(24)22-7-5-4-6-21(22)28(34)37-29/h4-11,16-17,35H,1,12-15H2,2-3H3. The maximum Gasteiger partial charge on any atom is 0.340 e. The maximum absolute atomic E-state index is 13.0. The summed E-state index contributed by atoms with van der Waals surface area (Å²) in [7, 11) is 0. The molecule has 6 rings (SSSR count). The van der Waals surface area contributed by atoms with E-state index in [9.17, 15) is 14.6 Å². The Labute approximate surface area is 216 Å². The Morgan fingerprint density at radius 1 is 0.973 bits per heavy atom. The van der Waals surface area contributed by atoms with Crippen LogP contribution in [0.3, 0.4) is 0 Å². The Kier molecular flexibility index (Phi) is 5.38. The average molecular weight is 494 g/mol. The minimum atomic E-state index is -1.14. The zero-order chi connectivity index (χ0) is 25.9.